The SMILES string of the molecule is CC(C)N(CC(=O)NCCN(C)C)Cc1ccccc1. The van der Waals surface area contributed by atoms with E-state index in [4.69, 9.17) is 0 Å². The van der Waals surface area contributed by atoms with Crippen LogP contribution >= 0.6 is 0 Å². The van der Waals surface area contributed by atoms with Gasteiger partial charge >= 0.3 is 0 Å². The highest BCUT2D eigenvalue weighted by atomic mass is 16.2. The third kappa shape index (κ3) is 6.68. The van der Waals surface area contributed by atoms with Crippen molar-refractivity contribution in [3.63, 3.8) is 0 Å². The highest BCUT2D eigenvalue weighted by Crippen LogP contribution is 2.07. The zero-order valence-electron chi connectivity index (χ0n) is 13.1. The summed E-state index contributed by atoms with van der Waals surface area (Å²) in [4.78, 5) is 16.2. The molecule has 1 aromatic carbocycles. The lowest BCUT2D eigenvalue weighted by molar-refractivity contribution is -0.122. The summed E-state index contributed by atoms with van der Waals surface area (Å²) in [6.45, 7) is 7.06. The van der Waals surface area contributed by atoms with E-state index in [-0.39, 0.29) is 5.91 Å². The van der Waals surface area contributed by atoms with Crippen LogP contribution in [0.2, 0.25) is 0 Å². The fourth-order valence-electron chi connectivity index (χ4n) is 1.90. The van der Waals surface area contributed by atoms with Gasteiger partial charge in [-0.3, -0.25) is 9.69 Å². The van der Waals surface area contributed by atoms with E-state index in [2.05, 4.69) is 41.1 Å². The number of rotatable bonds is 8. The first kappa shape index (κ1) is 16.7. The van der Waals surface area contributed by atoms with Gasteiger partial charge in [-0.25, -0.2) is 0 Å². The summed E-state index contributed by atoms with van der Waals surface area (Å²) in [5, 5.41) is 2.96. The quantitative estimate of drug-likeness (QED) is 0.783. The summed E-state index contributed by atoms with van der Waals surface area (Å²) < 4.78 is 0. The van der Waals surface area contributed by atoms with Gasteiger partial charge in [0.15, 0.2) is 0 Å². The van der Waals surface area contributed by atoms with Crippen LogP contribution in [0.1, 0.15) is 19.4 Å². The lowest BCUT2D eigenvalue weighted by Crippen LogP contribution is -2.42. The maximum absolute atomic E-state index is 12.0. The van der Waals surface area contributed by atoms with Gasteiger partial charge in [0.05, 0.1) is 6.54 Å². The van der Waals surface area contributed by atoms with Gasteiger partial charge in [-0.1, -0.05) is 30.3 Å². The Morgan fingerprint density at radius 2 is 1.85 bits per heavy atom. The number of carbonyl (C=O) groups is 1. The standard InChI is InChI=1S/C16H27N3O/c1-14(2)19(12-15-8-6-5-7-9-15)13-16(20)17-10-11-18(3)4/h5-9,14H,10-13H2,1-4H3,(H,17,20). The Morgan fingerprint density at radius 3 is 2.40 bits per heavy atom. The molecule has 0 aromatic heterocycles. The molecule has 0 saturated carbocycles. The van der Waals surface area contributed by atoms with Crippen molar-refractivity contribution in [2.45, 2.75) is 26.4 Å². The maximum Gasteiger partial charge on any atom is 0.234 e. The van der Waals surface area contributed by atoms with Gasteiger partial charge in [0.2, 0.25) is 5.91 Å². The van der Waals surface area contributed by atoms with Crippen molar-refractivity contribution < 1.29 is 4.79 Å². The fourth-order valence-corrected chi connectivity index (χ4v) is 1.90. The Morgan fingerprint density at radius 1 is 1.20 bits per heavy atom. The second-order valence-corrected chi connectivity index (χ2v) is 5.64. The summed E-state index contributed by atoms with van der Waals surface area (Å²) in [7, 11) is 4.00. The van der Waals surface area contributed by atoms with Gasteiger partial charge in [-0.15, -0.1) is 0 Å². The Labute approximate surface area is 122 Å². The van der Waals surface area contributed by atoms with Crippen molar-refractivity contribution in [1.82, 2.24) is 15.1 Å². The smallest absolute Gasteiger partial charge is 0.234 e. The minimum atomic E-state index is 0.0940. The first-order valence-corrected chi connectivity index (χ1v) is 7.18. The fraction of sp³-hybridized carbons (Fsp3) is 0.562. The van der Waals surface area contributed by atoms with Gasteiger partial charge in [0.1, 0.15) is 0 Å². The molecule has 0 unspecified atom stereocenters. The number of hydrogen-bond acceptors (Lipinski definition) is 3. The van der Waals surface area contributed by atoms with Crippen LogP contribution in [0.25, 0.3) is 0 Å². The van der Waals surface area contributed by atoms with Crippen molar-refractivity contribution in [3.05, 3.63) is 35.9 Å². The third-order valence-corrected chi connectivity index (χ3v) is 3.19. The Kier molecular flexibility index (Phi) is 7.26. The zero-order valence-corrected chi connectivity index (χ0v) is 13.1. The molecule has 1 aromatic rings. The molecule has 0 saturated heterocycles. The minimum absolute atomic E-state index is 0.0940. The second-order valence-electron chi connectivity index (χ2n) is 5.64. The molecule has 20 heavy (non-hydrogen) atoms. The van der Waals surface area contributed by atoms with Crippen molar-refractivity contribution in [3.8, 4) is 0 Å². The van der Waals surface area contributed by atoms with E-state index < -0.39 is 0 Å². The topological polar surface area (TPSA) is 35.6 Å². The lowest BCUT2D eigenvalue weighted by atomic mass is 10.2. The van der Waals surface area contributed by atoms with Crippen LogP contribution in [0, 0.1) is 0 Å². The lowest BCUT2D eigenvalue weighted by Gasteiger charge is -2.26. The summed E-state index contributed by atoms with van der Waals surface area (Å²) in [5.74, 6) is 0.0940. The highest BCUT2D eigenvalue weighted by molar-refractivity contribution is 5.78. The molecule has 0 fully saturated rings. The normalized spacial score (nSPS) is 11.3. The van der Waals surface area contributed by atoms with E-state index in [9.17, 15) is 4.79 Å². The molecule has 0 radical (unpaired) electrons. The van der Waals surface area contributed by atoms with Crippen LogP contribution in [0.15, 0.2) is 30.3 Å². The molecule has 0 heterocycles. The first-order valence-electron chi connectivity index (χ1n) is 7.18. The molecule has 0 aliphatic rings. The molecule has 0 spiro atoms. The summed E-state index contributed by atoms with van der Waals surface area (Å²) in [6, 6.07) is 10.6. The number of benzene rings is 1. The average molecular weight is 277 g/mol. The van der Waals surface area contributed by atoms with Crippen molar-refractivity contribution in [2.75, 3.05) is 33.7 Å². The van der Waals surface area contributed by atoms with Crippen LogP contribution < -0.4 is 5.32 Å². The molecule has 0 atom stereocenters. The number of likely N-dealkylation sites (N-methyl/N-ethyl adjacent to an activating group) is 1. The number of nitrogens with zero attached hydrogens (tertiary/aromatic N) is 2. The van der Waals surface area contributed by atoms with Crippen molar-refractivity contribution in [1.29, 1.82) is 0 Å². The van der Waals surface area contributed by atoms with Crippen molar-refractivity contribution >= 4 is 5.91 Å². The zero-order chi connectivity index (χ0) is 15.0. The van der Waals surface area contributed by atoms with E-state index in [1.54, 1.807) is 0 Å². The van der Waals surface area contributed by atoms with E-state index in [0.717, 1.165) is 13.1 Å². The molecular weight excluding hydrogens is 250 g/mol. The van der Waals surface area contributed by atoms with Crippen molar-refractivity contribution in [2.24, 2.45) is 0 Å². The Bertz CT molecular complexity index is 390. The first-order chi connectivity index (χ1) is 9.49. The van der Waals surface area contributed by atoms with Gasteiger partial charge in [0.25, 0.3) is 0 Å². The molecule has 0 bridgehead atoms. The highest BCUT2D eigenvalue weighted by Gasteiger charge is 2.14. The van der Waals surface area contributed by atoms with E-state index in [0.29, 0.717) is 19.1 Å². The van der Waals surface area contributed by atoms with Crippen LogP contribution in [0.5, 0.6) is 0 Å². The number of hydrogen-bond donors (Lipinski definition) is 1. The maximum atomic E-state index is 12.0. The van der Waals surface area contributed by atoms with Gasteiger partial charge in [0, 0.05) is 25.7 Å². The van der Waals surface area contributed by atoms with Crippen LogP contribution in [-0.2, 0) is 11.3 Å². The molecule has 1 rings (SSSR count). The van der Waals surface area contributed by atoms with Crippen LogP contribution in [0.3, 0.4) is 0 Å². The molecule has 0 aliphatic carbocycles. The number of carbonyl (C=O) groups excluding carboxylic acids is 1. The third-order valence-electron chi connectivity index (χ3n) is 3.19. The molecule has 4 nitrogen and oxygen atoms in total. The Balaban J connectivity index is 2.44. The predicted octanol–water partition coefficient (Wildman–Crippen LogP) is 1.57. The summed E-state index contributed by atoms with van der Waals surface area (Å²) in [6.07, 6.45) is 0. The number of amides is 1. The molecule has 112 valence electrons. The number of nitrogens with one attached hydrogen (secondary N) is 1. The predicted molar refractivity (Wildman–Crippen MR) is 83.6 cm³/mol. The molecule has 0 aliphatic heterocycles. The summed E-state index contributed by atoms with van der Waals surface area (Å²) in [5.41, 5.74) is 1.24. The molecular formula is C16H27N3O. The van der Waals surface area contributed by atoms with E-state index >= 15 is 0 Å². The van der Waals surface area contributed by atoms with E-state index in [1.807, 2.05) is 32.3 Å². The van der Waals surface area contributed by atoms with Gasteiger partial charge < -0.3 is 10.2 Å². The minimum Gasteiger partial charge on any atom is -0.354 e. The van der Waals surface area contributed by atoms with Gasteiger partial charge in [-0.2, -0.15) is 0 Å². The van der Waals surface area contributed by atoms with Crippen LogP contribution in [0.4, 0.5) is 0 Å². The average Bonchev–Trinajstić information content (AvgIpc) is 2.38. The van der Waals surface area contributed by atoms with E-state index in [1.165, 1.54) is 5.56 Å². The molecule has 1 N–H and O–H groups in total. The van der Waals surface area contributed by atoms with Crippen LogP contribution in [-0.4, -0.2) is 55.5 Å². The summed E-state index contributed by atoms with van der Waals surface area (Å²) >= 11 is 0. The molecule has 1 amide bonds. The largest absolute Gasteiger partial charge is 0.354 e. The molecule has 4 heteroatoms. The Hall–Kier alpha value is -1.39. The second kappa shape index (κ2) is 8.72. The van der Waals surface area contributed by atoms with Gasteiger partial charge in [-0.05, 0) is 33.5 Å². The monoisotopic (exact) mass is 277 g/mol.